The Balaban J connectivity index is 2.67. The van der Waals surface area contributed by atoms with Crippen molar-refractivity contribution in [1.29, 1.82) is 0 Å². The molecule has 0 spiro atoms. The maximum absolute atomic E-state index is 9.70. The molecule has 3 nitrogen and oxygen atoms in total. The lowest BCUT2D eigenvalue weighted by Gasteiger charge is -2.05. The lowest BCUT2D eigenvalue weighted by Crippen LogP contribution is -1.84. The average molecular weight is 186 g/mol. The van der Waals surface area contributed by atoms with Crippen molar-refractivity contribution in [3.05, 3.63) is 42.6 Å². The molecule has 0 aliphatic heterocycles. The van der Waals surface area contributed by atoms with E-state index in [1.54, 1.807) is 24.4 Å². The van der Waals surface area contributed by atoms with Crippen molar-refractivity contribution in [1.82, 2.24) is 10.2 Å². The van der Waals surface area contributed by atoms with E-state index in [1.165, 1.54) is 0 Å². The van der Waals surface area contributed by atoms with Gasteiger partial charge in [0.2, 0.25) is 0 Å². The van der Waals surface area contributed by atoms with E-state index in [9.17, 15) is 5.11 Å². The highest BCUT2D eigenvalue weighted by molar-refractivity contribution is 5.77. The third kappa shape index (κ3) is 1.29. The first-order valence-electron chi connectivity index (χ1n) is 4.27. The summed E-state index contributed by atoms with van der Waals surface area (Å²) in [4.78, 5) is 0. The van der Waals surface area contributed by atoms with Gasteiger partial charge in [-0.05, 0) is 17.7 Å². The van der Waals surface area contributed by atoms with E-state index in [2.05, 4.69) is 16.8 Å². The van der Waals surface area contributed by atoms with Gasteiger partial charge in [0.15, 0.2) is 0 Å². The highest BCUT2D eigenvalue weighted by Crippen LogP contribution is 2.31. The lowest BCUT2D eigenvalue weighted by atomic mass is 10.0. The van der Waals surface area contributed by atoms with Crippen LogP contribution in [0.2, 0.25) is 0 Å². The van der Waals surface area contributed by atoms with Gasteiger partial charge in [-0.3, -0.25) is 5.10 Å². The number of hydrogen-bond acceptors (Lipinski definition) is 2. The standard InChI is InChI=1S/C11H10N2O/c1-2-8-4-3-5-10(14)11(8)9-6-7-12-13-9/h2-7,14H,1H2,(H,12,13). The van der Waals surface area contributed by atoms with Crippen molar-refractivity contribution in [2.75, 3.05) is 0 Å². The van der Waals surface area contributed by atoms with Crippen LogP contribution in [0.25, 0.3) is 17.3 Å². The molecule has 1 heterocycles. The summed E-state index contributed by atoms with van der Waals surface area (Å²) in [7, 11) is 0. The average Bonchev–Trinajstić information content (AvgIpc) is 2.70. The summed E-state index contributed by atoms with van der Waals surface area (Å²) in [5.74, 6) is 0.228. The van der Waals surface area contributed by atoms with E-state index >= 15 is 0 Å². The molecule has 0 atom stereocenters. The molecule has 1 aromatic heterocycles. The molecule has 14 heavy (non-hydrogen) atoms. The van der Waals surface area contributed by atoms with Gasteiger partial charge in [0.1, 0.15) is 5.75 Å². The first-order chi connectivity index (χ1) is 6.83. The summed E-state index contributed by atoms with van der Waals surface area (Å²) in [6, 6.07) is 7.13. The first-order valence-corrected chi connectivity index (χ1v) is 4.27. The van der Waals surface area contributed by atoms with Gasteiger partial charge in [-0.15, -0.1) is 0 Å². The van der Waals surface area contributed by atoms with Crippen molar-refractivity contribution >= 4 is 6.08 Å². The molecule has 1 aromatic carbocycles. The van der Waals surface area contributed by atoms with Crippen LogP contribution in [0.5, 0.6) is 5.75 Å². The number of nitrogens with zero attached hydrogens (tertiary/aromatic N) is 1. The summed E-state index contributed by atoms with van der Waals surface area (Å²) < 4.78 is 0. The first kappa shape index (κ1) is 8.56. The maximum Gasteiger partial charge on any atom is 0.125 e. The van der Waals surface area contributed by atoms with Crippen LogP contribution < -0.4 is 0 Å². The molecular weight excluding hydrogens is 176 g/mol. The van der Waals surface area contributed by atoms with Gasteiger partial charge in [-0.25, -0.2) is 0 Å². The number of H-pyrrole nitrogens is 1. The minimum absolute atomic E-state index is 0.228. The van der Waals surface area contributed by atoms with Gasteiger partial charge in [0, 0.05) is 11.8 Å². The fourth-order valence-corrected chi connectivity index (χ4v) is 1.42. The number of phenolic OH excluding ortho intramolecular Hbond substituents is 1. The quantitative estimate of drug-likeness (QED) is 0.756. The number of aromatic nitrogens is 2. The minimum Gasteiger partial charge on any atom is -0.507 e. The van der Waals surface area contributed by atoms with E-state index in [0.717, 1.165) is 16.8 Å². The van der Waals surface area contributed by atoms with Crippen molar-refractivity contribution in [3.8, 4) is 17.0 Å². The molecule has 0 amide bonds. The zero-order valence-corrected chi connectivity index (χ0v) is 7.57. The van der Waals surface area contributed by atoms with E-state index < -0.39 is 0 Å². The second kappa shape index (κ2) is 3.38. The van der Waals surface area contributed by atoms with E-state index in [0.29, 0.717) is 0 Å². The monoisotopic (exact) mass is 186 g/mol. The molecule has 2 rings (SSSR count). The molecule has 0 unspecified atom stereocenters. The van der Waals surface area contributed by atoms with Gasteiger partial charge >= 0.3 is 0 Å². The van der Waals surface area contributed by atoms with Crippen LogP contribution in [0, 0.1) is 0 Å². The predicted octanol–water partition coefficient (Wildman–Crippen LogP) is 2.43. The molecule has 0 bridgehead atoms. The van der Waals surface area contributed by atoms with Crippen LogP contribution in [0.1, 0.15) is 5.56 Å². The maximum atomic E-state index is 9.70. The Labute approximate surface area is 81.7 Å². The fourth-order valence-electron chi connectivity index (χ4n) is 1.42. The van der Waals surface area contributed by atoms with Gasteiger partial charge < -0.3 is 5.11 Å². The van der Waals surface area contributed by atoms with Gasteiger partial charge in [-0.2, -0.15) is 5.10 Å². The Morgan fingerprint density at radius 3 is 2.86 bits per heavy atom. The Kier molecular flexibility index (Phi) is 2.07. The molecule has 0 aliphatic rings. The van der Waals surface area contributed by atoms with Gasteiger partial charge in [0.05, 0.1) is 5.69 Å². The summed E-state index contributed by atoms with van der Waals surface area (Å²) >= 11 is 0. The van der Waals surface area contributed by atoms with Crippen molar-refractivity contribution in [3.63, 3.8) is 0 Å². The number of rotatable bonds is 2. The molecule has 0 radical (unpaired) electrons. The van der Waals surface area contributed by atoms with Crippen LogP contribution >= 0.6 is 0 Å². The number of hydrogen-bond donors (Lipinski definition) is 2. The second-order valence-electron chi connectivity index (χ2n) is 2.92. The molecule has 0 saturated heterocycles. The molecule has 2 N–H and O–H groups in total. The molecule has 2 aromatic rings. The minimum atomic E-state index is 0.228. The summed E-state index contributed by atoms with van der Waals surface area (Å²) in [5.41, 5.74) is 2.41. The Bertz CT molecular complexity index is 446. The zero-order chi connectivity index (χ0) is 9.97. The van der Waals surface area contributed by atoms with Crippen LogP contribution in [0.4, 0.5) is 0 Å². The molecule has 0 fully saturated rings. The highest BCUT2D eigenvalue weighted by Gasteiger charge is 2.08. The van der Waals surface area contributed by atoms with Crippen LogP contribution in [0.3, 0.4) is 0 Å². The number of nitrogens with one attached hydrogen (secondary N) is 1. The lowest BCUT2D eigenvalue weighted by molar-refractivity contribution is 0.477. The smallest absolute Gasteiger partial charge is 0.125 e. The van der Waals surface area contributed by atoms with Crippen molar-refractivity contribution in [2.45, 2.75) is 0 Å². The third-order valence-corrected chi connectivity index (χ3v) is 2.06. The van der Waals surface area contributed by atoms with E-state index in [1.807, 2.05) is 12.1 Å². The van der Waals surface area contributed by atoms with Gasteiger partial charge in [-0.1, -0.05) is 24.8 Å². The molecule has 0 aliphatic carbocycles. The summed E-state index contributed by atoms with van der Waals surface area (Å²) in [5, 5.41) is 16.4. The summed E-state index contributed by atoms with van der Waals surface area (Å²) in [6.07, 6.45) is 3.35. The van der Waals surface area contributed by atoms with Gasteiger partial charge in [0.25, 0.3) is 0 Å². The van der Waals surface area contributed by atoms with Crippen LogP contribution in [0.15, 0.2) is 37.0 Å². The topological polar surface area (TPSA) is 48.9 Å². The number of phenols is 1. The Morgan fingerprint density at radius 2 is 2.21 bits per heavy atom. The van der Waals surface area contributed by atoms with E-state index in [-0.39, 0.29) is 5.75 Å². The highest BCUT2D eigenvalue weighted by atomic mass is 16.3. The Morgan fingerprint density at radius 1 is 1.36 bits per heavy atom. The second-order valence-corrected chi connectivity index (χ2v) is 2.92. The number of aromatic amines is 1. The normalized spacial score (nSPS) is 10.0. The molecule has 70 valence electrons. The molecule has 0 saturated carbocycles. The number of aromatic hydroxyl groups is 1. The van der Waals surface area contributed by atoms with E-state index in [4.69, 9.17) is 0 Å². The van der Waals surface area contributed by atoms with Crippen molar-refractivity contribution < 1.29 is 5.11 Å². The van der Waals surface area contributed by atoms with Crippen LogP contribution in [-0.2, 0) is 0 Å². The SMILES string of the molecule is C=Cc1cccc(O)c1-c1ccn[nH]1. The fraction of sp³-hybridized carbons (Fsp3) is 0. The predicted molar refractivity (Wildman–Crippen MR) is 55.8 cm³/mol. The third-order valence-electron chi connectivity index (χ3n) is 2.06. The molecule has 3 heteroatoms. The summed E-state index contributed by atoms with van der Waals surface area (Å²) in [6.45, 7) is 3.70. The van der Waals surface area contributed by atoms with Crippen LogP contribution in [-0.4, -0.2) is 15.3 Å². The zero-order valence-electron chi connectivity index (χ0n) is 7.57. The molecular formula is C11H10N2O. The number of benzene rings is 1. The largest absolute Gasteiger partial charge is 0.507 e. The Hall–Kier alpha value is -2.03. The van der Waals surface area contributed by atoms with Crippen molar-refractivity contribution in [2.24, 2.45) is 0 Å².